The Morgan fingerprint density at radius 3 is 1.58 bits per heavy atom. The Labute approximate surface area is 208 Å². The Morgan fingerprint density at radius 1 is 0.444 bits per heavy atom. The largest absolute Gasteiger partial charge is 0.289 e. The average Bonchev–Trinajstić information content (AvgIpc) is 3.68. The van der Waals surface area contributed by atoms with Crippen LogP contribution in [-0.2, 0) is 19.2 Å². The highest BCUT2D eigenvalue weighted by Crippen LogP contribution is 2.57. The number of hydrogen-bond donors (Lipinski definition) is 0. The molecule has 0 aromatic rings. The van der Waals surface area contributed by atoms with Crippen molar-refractivity contribution in [1.82, 2.24) is 0 Å². The molecule has 0 aliphatic heterocycles. The van der Waals surface area contributed by atoms with Crippen LogP contribution in [0.1, 0.15) is 52.4 Å². The minimum Gasteiger partial charge on any atom is -0.289 e. The first-order valence-electron chi connectivity index (χ1n) is 12.7. The van der Waals surface area contributed by atoms with E-state index in [4.69, 9.17) is 0 Å². The summed E-state index contributed by atoms with van der Waals surface area (Å²) >= 11 is 0. The molecule has 0 aromatic carbocycles. The summed E-state index contributed by atoms with van der Waals surface area (Å²) in [5.41, 5.74) is 13.6. The minimum atomic E-state index is -0.0129. The molecule has 174 valence electrons. The highest BCUT2D eigenvalue weighted by Gasteiger charge is 2.47. The third-order valence-electron chi connectivity index (χ3n) is 9.17. The third-order valence-corrected chi connectivity index (χ3v) is 9.17. The van der Waals surface area contributed by atoms with Crippen LogP contribution in [0.25, 0.3) is 0 Å². The summed E-state index contributed by atoms with van der Waals surface area (Å²) in [5, 5.41) is 0. The van der Waals surface area contributed by atoms with Crippen LogP contribution in [0.5, 0.6) is 0 Å². The predicted octanol–water partition coefficient (Wildman–Crippen LogP) is 5.24. The number of rotatable bonds is 1. The third kappa shape index (κ3) is 2.18. The van der Waals surface area contributed by atoms with Gasteiger partial charge in [-0.15, -0.1) is 0 Å². The molecule has 4 nitrogen and oxygen atoms in total. The van der Waals surface area contributed by atoms with Crippen LogP contribution < -0.4 is 0 Å². The van der Waals surface area contributed by atoms with Crippen LogP contribution in [0.4, 0.5) is 0 Å². The molecule has 8 aliphatic carbocycles. The van der Waals surface area contributed by atoms with Crippen LogP contribution >= 0.6 is 0 Å². The highest BCUT2D eigenvalue weighted by molar-refractivity contribution is 6.31. The van der Waals surface area contributed by atoms with E-state index >= 15 is 0 Å². The number of fused-ring (bicyclic) bond motifs is 4. The van der Waals surface area contributed by atoms with Crippen molar-refractivity contribution in [2.45, 2.75) is 52.4 Å². The van der Waals surface area contributed by atoms with Gasteiger partial charge in [-0.05, 0) is 73.0 Å². The van der Waals surface area contributed by atoms with Crippen molar-refractivity contribution in [2.75, 3.05) is 0 Å². The molecule has 4 heteroatoms. The maximum atomic E-state index is 13.6. The minimum absolute atomic E-state index is 0.00128. The lowest BCUT2D eigenvalue weighted by Crippen LogP contribution is -2.20. The molecule has 0 saturated heterocycles. The Morgan fingerprint density at radius 2 is 0.972 bits per heavy atom. The first-order chi connectivity index (χ1) is 17.4. The van der Waals surface area contributed by atoms with Crippen LogP contribution in [-0.4, -0.2) is 23.1 Å². The van der Waals surface area contributed by atoms with Gasteiger partial charge in [-0.2, -0.15) is 0 Å². The zero-order valence-corrected chi connectivity index (χ0v) is 20.2. The second-order valence-corrected chi connectivity index (χ2v) is 11.0. The maximum Gasteiger partial charge on any atom is 0.191 e. The van der Waals surface area contributed by atoms with Crippen molar-refractivity contribution in [3.8, 4) is 0 Å². The van der Waals surface area contributed by atoms with Gasteiger partial charge in [-0.1, -0.05) is 35.5 Å². The van der Waals surface area contributed by atoms with Crippen molar-refractivity contribution in [3.05, 3.63) is 113 Å². The number of hydrogen-bond acceptors (Lipinski definition) is 4. The molecule has 0 bridgehead atoms. The van der Waals surface area contributed by atoms with E-state index in [2.05, 4.69) is 13.8 Å². The molecule has 0 saturated carbocycles. The Kier molecular flexibility index (Phi) is 3.63. The molecule has 36 heavy (non-hydrogen) atoms. The van der Waals surface area contributed by atoms with Crippen molar-refractivity contribution in [2.24, 2.45) is 0 Å². The van der Waals surface area contributed by atoms with E-state index in [-0.39, 0.29) is 23.1 Å². The fourth-order valence-corrected chi connectivity index (χ4v) is 7.58. The van der Waals surface area contributed by atoms with Gasteiger partial charge in [0, 0.05) is 57.4 Å². The van der Waals surface area contributed by atoms with Gasteiger partial charge in [0.05, 0.1) is 0 Å². The molecule has 0 heterocycles. The molecule has 0 fully saturated rings. The van der Waals surface area contributed by atoms with Crippen LogP contribution in [0, 0.1) is 0 Å². The smallest absolute Gasteiger partial charge is 0.191 e. The molecule has 0 atom stereocenters. The summed E-state index contributed by atoms with van der Waals surface area (Å²) < 4.78 is 0. The molecule has 0 spiro atoms. The molecule has 0 aromatic heterocycles. The SMILES string of the molecule is CC1=C2CC3=C(C(=O)C4=C(C=CC4)C3=O)C2=C(C2=C3CC4=C(C(=O)C5=C(C=CC5)C4=O)C3=C(C)C2)C1. The van der Waals surface area contributed by atoms with E-state index in [0.717, 1.165) is 45.4 Å². The van der Waals surface area contributed by atoms with Gasteiger partial charge >= 0.3 is 0 Å². The zero-order chi connectivity index (χ0) is 24.6. The van der Waals surface area contributed by atoms with Crippen LogP contribution in [0.15, 0.2) is 113 Å². The summed E-state index contributed by atoms with van der Waals surface area (Å²) in [5.74, 6) is -0.0174. The number of carbonyl (C=O) groups is 4. The second kappa shape index (κ2) is 6.44. The number of allylic oxidation sites excluding steroid dienone is 20. The second-order valence-electron chi connectivity index (χ2n) is 11.0. The van der Waals surface area contributed by atoms with Crippen molar-refractivity contribution in [3.63, 3.8) is 0 Å². The van der Waals surface area contributed by atoms with Crippen molar-refractivity contribution in [1.29, 1.82) is 0 Å². The van der Waals surface area contributed by atoms with Crippen LogP contribution in [0.2, 0.25) is 0 Å². The van der Waals surface area contributed by atoms with Gasteiger partial charge in [0.1, 0.15) is 0 Å². The lowest BCUT2D eigenvalue weighted by atomic mass is 9.83. The van der Waals surface area contributed by atoms with Crippen molar-refractivity contribution < 1.29 is 19.2 Å². The number of carbonyl (C=O) groups excluding carboxylic acids is 4. The molecule has 8 rings (SSSR count). The van der Waals surface area contributed by atoms with Gasteiger partial charge in [-0.3, -0.25) is 19.2 Å². The van der Waals surface area contributed by atoms with Gasteiger partial charge < -0.3 is 0 Å². The molecule has 8 aliphatic rings. The number of Topliss-reactive ketones (excluding diaryl/α,β-unsaturated/α-hetero) is 4. The quantitative estimate of drug-likeness (QED) is 0.492. The molecule has 0 N–H and O–H groups in total. The van der Waals surface area contributed by atoms with Crippen molar-refractivity contribution >= 4 is 23.1 Å². The molecular formula is C32H22O4. The topological polar surface area (TPSA) is 68.3 Å². The van der Waals surface area contributed by atoms with E-state index in [0.29, 0.717) is 76.7 Å². The predicted molar refractivity (Wildman–Crippen MR) is 134 cm³/mol. The van der Waals surface area contributed by atoms with E-state index in [1.165, 1.54) is 5.57 Å². The maximum absolute atomic E-state index is 13.6. The van der Waals surface area contributed by atoms with E-state index in [9.17, 15) is 19.2 Å². The van der Waals surface area contributed by atoms with Gasteiger partial charge in [0.2, 0.25) is 0 Å². The highest BCUT2D eigenvalue weighted by atomic mass is 16.1. The first-order valence-corrected chi connectivity index (χ1v) is 12.7. The Balaban J connectivity index is 1.28. The average molecular weight is 471 g/mol. The zero-order valence-electron chi connectivity index (χ0n) is 20.2. The molecule has 0 radical (unpaired) electrons. The van der Waals surface area contributed by atoms with Gasteiger partial charge in [0.15, 0.2) is 23.1 Å². The van der Waals surface area contributed by atoms with E-state index in [1.807, 2.05) is 12.2 Å². The lowest BCUT2D eigenvalue weighted by Gasteiger charge is -2.18. The standard InChI is InChI=1S/C32H22O4/c1-13-9-21(26-19(13)11-23-28(26)32(36)18-8-4-6-16(18)29(23)33)20-10-14(2)25-22(20)12-24-27(25)31(35)17-7-3-5-15(17)30(24)34/h3-6H,7-12H2,1-2H3. The summed E-state index contributed by atoms with van der Waals surface area (Å²) in [6.07, 6.45) is 10.9. The monoisotopic (exact) mass is 470 g/mol. The fraction of sp³-hybridized carbons (Fsp3) is 0.250. The fourth-order valence-electron chi connectivity index (χ4n) is 7.58. The normalized spacial score (nSPS) is 26.2. The molecular weight excluding hydrogens is 448 g/mol. The van der Waals surface area contributed by atoms with Crippen LogP contribution in [0.3, 0.4) is 0 Å². The molecule has 0 unspecified atom stereocenters. The lowest BCUT2D eigenvalue weighted by molar-refractivity contribution is -0.116. The molecule has 0 amide bonds. The first kappa shape index (κ1) is 20.3. The summed E-state index contributed by atoms with van der Waals surface area (Å²) in [7, 11) is 0. The summed E-state index contributed by atoms with van der Waals surface area (Å²) in [4.78, 5) is 53.7. The Hall–Kier alpha value is -3.92. The Bertz CT molecular complexity index is 1720. The van der Waals surface area contributed by atoms with Gasteiger partial charge in [0.25, 0.3) is 0 Å². The summed E-state index contributed by atoms with van der Waals surface area (Å²) in [6, 6.07) is 0. The summed E-state index contributed by atoms with van der Waals surface area (Å²) in [6.45, 7) is 4.16. The van der Waals surface area contributed by atoms with E-state index in [1.54, 1.807) is 12.2 Å². The van der Waals surface area contributed by atoms with Gasteiger partial charge in [-0.25, -0.2) is 0 Å². The number of ketones is 4. The van der Waals surface area contributed by atoms with E-state index < -0.39 is 0 Å².